The van der Waals surface area contributed by atoms with Crippen LogP contribution in [0.25, 0.3) is 0 Å². The monoisotopic (exact) mass is 288 g/mol. The fraction of sp³-hybridized carbons (Fsp3) is 0.692. The van der Waals surface area contributed by atoms with Crippen molar-refractivity contribution in [2.75, 3.05) is 29.9 Å². The van der Waals surface area contributed by atoms with Crippen LogP contribution in [0.5, 0.6) is 0 Å². The molecule has 1 saturated heterocycles. The van der Waals surface area contributed by atoms with Crippen molar-refractivity contribution in [1.82, 2.24) is 9.97 Å². The summed E-state index contributed by atoms with van der Waals surface area (Å²) in [5.41, 5.74) is -0.892. The van der Waals surface area contributed by atoms with E-state index in [1.165, 1.54) is 0 Å². The Morgan fingerprint density at radius 2 is 1.95 bits per heavy atom. The van der Waals surface area contributed by atoms with Gasteiger partial charge in [0.25, 0.3) is 0 Å². The number of halogens is 3. The van der Waals surface area contributed by atoms with Crippen molar-refractivity contribution < 1.29 is 13.2 Å². The van der Waals surface area contributed by atoms with Crippen molar-refractivity contribution in [1.29, 1.82) is 0 Å². The maximum atomic E-state index is 12.9. The van der Waals surface area contributed by atoms with Gasteiger partial charge in [-0.05, 0) is 25.7 Å². The number of piperidine rings is 1. The third-order valence-electron chi connectivity index (χ3n) is 3.45. The minimum absolute atomic E-state index is 0.0379. The van der Waals surface area contributed by atoms with Crippen LogP contribution in [0.15, 0.2) is 6.07 Å². The molecule has 4 nitrogen and oxygen atoms in total. The maximum absolute atomic E-state index is 12.9. The third kappa shape index (κ3) is 3.52. The number of anilines is 2. The number of nitrogens with one attached hydrogen (secondary N) is 1. The first-order valence-corrected chi connectivity index (χ1v) is 6.85. The van der Waals surface area contributed by atoms with Crippen LogP contribution >= 0.6 is 0 Å². The van der Waals surface area contributed by atoms with Crippen LogP contribution in [0.4, 0.5) is 24.9 Å². The number of hydrogen-bond donors (Lipinski definition) is 1. The molecule has 7 heteroatoms. The molecule has 0 atom stereocenters. The van der Waals surface area contributed by atoms with Gasteiger partial charge in [-0.3, -0.25) is 0 Å². The van der Waals surface area contributed by atoms with Crippen LogP contribution < -0.4 is 10.2 Å². The van der Waals surface area contributed by atoms with Gasteiger partial charge in [-0.25, -0.2) is 4.98 Å². The lowest BCUT2D eigenvalue weighted by molar-refractivity contribution is -0.141. The number of aromatic nitrogens is 2. The van der Waals surface area contributed by atoms with E-state index in [0.29, 0.717) is 18.3 Å². The molecule has 20 heavy (non-hydrogen) atoms. The molecule has 112 valence electrons. The van der Waals surface area contributed by atoms with Gasteiger partial charge in [0.05, 0.1) is 0 Å². The Morgan fingerprint density at radius 1 is 1.30 bits per heavy atom. The highest BCUT2D eigenvalue weighted by atomic mass is 19.4. The highest BCUT2D eigenvalue weighted by Gasteiger charge is 2.34. The van der Waals surface area contributed by atoms with Gasteiger partial charge in [0, 0.05) is 25.7 Å². The lowest BCUT2D eigenvalue weighted by Crippen LogP contribution is -2.34. The Labute approximate surface area is 116 Å². The van der Waals surface area contributed by atoms with E-state index in [1.807, 2.05) is 4.90 Å². The molecule has 2 heterocycles. The van der Waals surface area contributed by atoms with Crippen LogP contribution in [0, 0.1) is 5.92 Å². The predicted octanol–water partition coefficient (Wildman–Crippen LogP) is 3.16. The topological polar surface area (TPSA) is 41.1 Å². The molecule has 0 radical (unpaired) electrons. The molecule has 0 amide bonds. The molecule has 0 unspecified atom stereocenters. The summed E-state index contributed by atoms with van der Waals surface area (Å²) < 4.78 is 38.6. The molecule has 0 aliphatic carbocycles. The molecule has 2 rings (SSSR count). The summed E-state index contributed by atoms with van der Waals surface area (Å²) in [4.78, 5) is 9.62. The highest BCUT2D eigenvalue weighted by Crippen LogP contribution is 2.31. The Kier molecular flexibility index (Phi) is 4.35. The third-order valence-corrected chi connectivity index (χ3v) is 3.45. The summed E-state index contributed by atoms with van der Waals surface area (Å²) in [5.74, 6) is 1.01. The molecule has 1 aromatic heterocycles. The van der Waals surface area contributed by atoms with E-state index >= 15 is 0 Å². The molecule has 1 aromatic rings. The zero-order chi connectivity index (χ0) is 14.8. The molecule has 0 saturated carbocycles. The molecule has 0 bridgehead atoms. The van der Waals surface area contributed by atoms with Gasteiger partial charge >= 0.3 is 6.18 Å². The lowest BCUT2D eigenvalue weighted by atomic mass is 9.99. The van der Waals surface area contributed by atoms with Gasteiger partial charge in [-0.2, -0.15) is 18.2 Å². The highest BCUT2D eigenvalue weighted by molar-refractivity contribution is 5.45. The van der Waals surface area contributed by atoms with E-state index in [9.17, 15) is 13.2 Å². The fourth-order valence-electron chi connectivity index (χ4n) is 2.22. The average Bonchev–Trinajstić information content (AvgIpc) is 2.38. The van der Waals surface area contributed by atoms with Crippen LogP contribution in [0.2, 0.25) is 0 Å². The van der Waals surface area contributed by atoms with Gasteiger partial charge in [0.1, 0.15) is 5.82 Å². The summed E-state index contributed by atoms with van der Waals surface area (Å²) in [5, 5.41) is 2.76. The first kappa shape index (κ1) is 14.9. The van der Waals surface area contributed by atoms with Crippen LogP contribution in [0.3, 0.4) is 0 Å². The first-order valence-electron chi connectivity index (χ1n) is 6.85. The van der Waals surface area contributed by atoms with Gasteiger partial charge in [-0.15, -0.1) is 0 Å². The number of rotatable bonds is 3. The molecular formula is C13H19F3N4. The SMILES string of the molecule is CCNc1nc(N2CCC(C)CC2)cc(C(F)(F)F)n1. The van der Waals surface area contributed by atoms with E-state index < -0.39 is 11.9 Å². The Morgan fingerprint density at radius 3 is 2.50 bits per heavy atom. The Balaban J connectivity index is 2.29. The fourth-order valence-corrected chi connectivity index (χ4v) is 2.22. The van der Waals surface area contributed by atoms with Crippen LogP contribution in [-0.2, 0) is 6.18 Å². The zero-order valence-corrected chi connectivity index (χ0v) is 11.7. The van der Waals surface area contributed by atoms with Crippen LogP contribution in [0.1, 0.15) is 32.4 Å². The predicted molar refractivity (Wildman–Crippen MR) is 71.8 cm³/mol. The Bertz CT molecular complexity index is 453. The van der Waals surface area contributed by atoms with Crippen LogP contribution in [-0.4, -0.2) is 29.6 Å². The van der Waals surface area contributed by atoms with Crippen molar-refractivity contribution in [3.05, 3.63) is 11.8 Å². The quantitative estimate of drug-likeness (QED) is 0.927. The molecule has 1 aliphatic rings. The summed E-state index contributed by atoms with van der Waals surface area (Å²) in [6.07, 6.45) is -2.51. The molecule has 1 aliphatic heterocycles. The first-order chi connectivity index (χ1) is 9.40. The van der Waals surface area contributed by atoms with E-state index in [4.69, 9.17) is 0 Å². The van der Waals surface area contributed by atoms with E-state index in [-0.39, 0.29) is 5.95 Å². The average molecular weight is 288 g/mol. The molecule has 1 fully saturated rings. The van der Waals surface area contributed by atoms with Gasteiger partial charge in [0.2, 0.25) is 5.95 Å². The number of alkyl halides is 3. The smallest absolute Gasteiger partial charge is 0.356 e. The van der Waals surface area contributed by atoms with Gasteiger partial charge in [0.15, 0.2) is 5.69 Å². The normalized spacial score (nSPS) is 17.4. The van der Waals surface area contributed by atoms with Crippen molar-refractivity contribution in [2.45, 2.75) is 32.9 Å². The number of hydrogen-bond acceptors (Lipinski definition) is 4. The van der Waals surface area contributed by atoms with E-state index in [2.05, 4.69) is 22.2 Å². The van der Waals surface area contributed by atoms with Crippen molar-refractivity contribution >= 4 is 11.8 Å². The second-order valence-corrected chi connectivity index (χ2v) is 5.13. The summed E-state index contributed by atoms with van der Waals surface area (Å²) in [7, 11) is 0. The second kappa shape index (κ2) is 5.85. The zero-order valence-electron chi connectivity index (χ0n) is 11.7. The summed E-state index contributed by atoms with van der Waals surface area (Å²) >= 11 is 0. The largest absolute Gasteiger partial charge is 0.433 e. The molecule has 0 aromatic carbocycles. The second-order valence-electron chi connectivity index (χ2n) is 5.13. The van der Waals surface area contributed by atoms with E-state index in [0.717, 1.165) is 32.0 Å². The molecule has 0 spiro atoms. The maximum Gasteiger partial charge on any atom is 0.433 e. The minimum atomic E-state index is -4.45. The van der Waals surface area contributed by atoms with Crippen molar-refractivity contribution in [2.24, 2.45) is 5.92 Å². The van der Waals surface area contributed by atoms with Gasteiger partial charge < -0.3 is 10.2 Å². The number of nitrogens with zero attached hydrogens (tertiary/aromatic N) is 3. The van der Waals surface area contributed by atoms with E-state index in [1.54, 1.807) is 6.92 Å². The minimum Gasteiger partial charge on any atom is -0.356 e. The Hall–Kier alpha value is -1.53. The van der Waals surface area contributed by atoms with Crippen molar-refractivity contribution in [3.63, 3.8) is 0 Å². The summed E-state index contributed by atoms with van der Waals surface area (Å²) in [6.45, 7) is 5.91. The molecular weight excluding hydrogens is 269 g/mol. The van der Waals surface area contributed by atoms with Gasteiger partial charge in [-0.1, -0.05) is 6.92 Å². The van der Waals surface area contributed by atoms with Crippen molar-refractivity contribution in [3.8, 4) is 0 Å². The standard InChI is InChI=1S/C13H19F3N4/c1-3-17-12-18-10(13(14,15)16)8-11(19-12)20-6-4-9(2)5-7-20/h8-9H,3-7H2,1-2H3,(H,17,18,19). The lowest BCUT2D eigenvalue weighted by Gasteiger charge is -2.31. The molecule has 1 N–H and O–H groups in total. The summed E-state index contributed by atoms with van der Waals surface area (Å²) in [6, 6.07) is 1.04.